The molecule has 2 heterocycles. The molecule has 0 saturated heterocycles. The molecule has 0 aliphatic carbocycles. The van der Waals surface area contributed by atoms with Crippen molar-refractivity contribution in [1.82, 2.24) is 14.8 Å². The molecular weight excluding hydrogens is 252 g/mol. The van der Waals surface area contributed by atoms with Crippen molar-refractivity contribution in [2.24, 2.45) is 5.73 Å². The van der Waals surface area contributed by atoms with Gasteiger partial charge in [-0.3, -0.25) is 0 Å². The highest BCUT2D eigenvalue weighted by Crippen LogP contribution is 2.28. The zero-order valence-corrected chi connectivity index (χ0v) is 11.7. The van der Waals surface area contributed by atoms with Crippen molar-refractivity contribution in [3.63, 3.8) is 0 Å². The molecule has 1 aromatic heterocycles. The highest BCUT2D eigenvalue weighted by molar-refractivity contribution is 5.20. The van der Waals surface area contributed by atoms with Crippen LogP contribution in [0.3, 0.4) is 0 Å². The Hall–Kier alpha value is -1.88. The molecule has 5 heteroatoms. The molecule has 2 atom stereocenters. The van der Waals surface area contributed by atoms with Gasteiger partial charge in [0.2, 0.25) is 0 Å². The number of nitrogens with two attached hydrogens (primary N) is 1. The third kappa shape index (κ3) is 2.67. The van der Waals surface area contributed by atoms with Gasteiger partial charge in [-0.15, -0.1) is 0 Å². The summed E-state index contributed by atoms with van der Waals surface area (Å²) in [5, 5.41) is 4.56. The van der Waals surface area contributed by atoms with Crippen LogP contribution in [-0.4, -0.2) is 21.4 Å². The van der Waals surface area contributed by atoms with Gasteiger partial charge in [-0.1, -0.05) is 18.2 Å². The molecule has 0 fully saturated rings. The Labute approximate surface area is 118 Å². The minimum absolute atomic E-state index is 0.0162. The van der Waals surface area contributed by atoms with E-state index in [4.69, 9.17) is 10.5 Å². The van der Waals surface area contributed by atoms with Gasteiger partial charge in [-0.25, -0.2) is 9.67 Å². The Balaban J connectivity index is 1.63. The monoisotopic (exact) mass is 272 g/mol. The summed E-state index contributed by atoms with van der Waals surface area (Å²) in [6.45, 7) is 2.74. The fraction of sp³-hybridized carbons (Fsp3) is 0.467. The first-order valence-electron chi connectivity index (χ1n) is 7.13. The van der Waals surface area contributed by atoms with E-state index in [1.165, 1.54) is 0 Å². The van der Waals surface area contributed by atoms with Crippen LogP contribution in [0.5, 0.6) is 5.75 Å². The van der Waals surface area contributed by atoms with E-state index in [9.17, 15) is 0 Å². The maximum absolute atomic E-state index is 6.09. The summed E-state index contributed by atoms with van der Waals surface area (Å²) in [6.07, 6.45) is 2.76. The van der Waals surface area contributed by atoms with E-state index >= 15 is 0 Å². The predicted molar refractivity (Wildman–Crippen MR) is 76.5 cm³/mol. The number of nitrogens with zero attached hydrogens (tertiary/aromatic N) is 3. The summed E-state index contributed by atoms with van der Waals surface area (Å²) in [7, 11) is 0. The van der Waals surface area contributed by atoms with Crippen molar-refractivity contribution in [3.05, 3.63) is 42.0 Å². The second-order valence-corrected chi connectivity index (χ2v) is 5.28. The molecule has 5 nitrogen and oxygen atoms in total. The molecule has 2 aromatic rings. The topological polar surface area (TPSA) is 66.0 Å². The summed E-state index contributed by atoms with van der Waals surface area (Å²) in [6, 6.07) is 10.2. The van der Waals surface area contributed by atoms with E-state index in [0.29, 0.717) is 19.1 Å². The highest BCUT2D eigenvalue weighted by Gasteiger charge is 2.25. The van der Waals surface area contributed by atoms with Gasteiger partial charge >= 0.3 is 0 Å². The fourth-order valence-electron chi connectivity index (χ4n) is 2.51. The second kappa shape index (κ2) is 5.63. The van der Waals surface area contributed by atoms with E-state index in [0.717, 1.165) is 30.2 Å². The van der Waals surface area contributed by atoms with E-state index in [2.05, 4.69) is 17.0 Å². The Morgan fingerprint density at radius 3 is 2.85 bits per heavy atom. The third-order valence-electron chi connectivity index (χ3n) is 3.68. The largest absolute Gasteiger partial charge is 0.493 e. The number of para-hydroxylation sites is 1. The number of fused-ring (bicyclic) bond motifs is 1. The van der Waals surface area contributed by atoms with Crippen LogP contribution in [0.15, 0.2) is 30.3 Å². The first kappa shape index (κ1) is 13.1. The standard InChI is InChI=1S/C15H20N4O/c1-11-7-8-13(16)15-17-14(18-19(11)15)9-10-20-12-5-3-2-4-6-12/h2-6,11,13H,7-10,16H2,1H3. The average molecular weight is 272 g/mol. The molecule has 0 bridgehead atoms. The Kier molecular flexibility index (Phi) is 3.69. The van der Waals surface area contributed by atoms with Gasteiger partial charge in [-0.05, 0) is 31.9 Å². The normalized spacial score (nSPS) is 21.5. The van der Waals surface area contributed by atoms with E-state index in [1.807, 2.05) is 35.0 Å². The van der Waals surface area contributed by atoms with Crippen LogP contribution in [0.25, 0.3) is 0 Å². The molecule has 0 saturated carbocycles. The first-order valence-corrected chi connectivity index (χ1v) is 7.13. The number of hydrogen-bond donors (Lipinski definition) is 1. The van der Waals surface area contributed by atoms with E-state index in [-0.39, 0.29) is 6.04 Å². The van der Waals surface area contributed by atoms with Crippen LogP contribution in [0.1, 0.15) is 43.5 Å². The lowest BCUT2D eigenvalue weighted by atomic mass is 10.0. The molecule has 3 rings (SSSR count). The lowest BCUT2D eigenvalue weighted by molar-refractivity contribution is 0.317. The number of benzene rings is 1. The van der Waals surface area contributed by atoms with Gasteiger partial charge in [0.05, 0.1) is 18.7 Å². The van der Waals surface area contributed by atoms with Crippen molar-refractivity contribution < 1.29 is 4.74 Å². The van der Waals surface area contributed by atoms with Crippen LogP contribution in [0.4, 0.5) is 0 Å². The smallest absolute Gasteiger partial charge is 0.154 e. The molecule has 106 valence electrons. The van der Waals surface area contributed by atoms with Crippen molar-refractivity contribution in [1.29, 1.82) is 0 Å². The molecule has 1 aliphatic rings. The van der Waals surface area contributed by atoms with Gasteiger partial charge in [-0.2, -0.15) is 5.10 Å². The van der Waals surface area contributed by atoms with Crippen LogP contribution >= 0.6 is 0 Å². The number of rotatable bonds is 4. The number of hydrogen-bond acceptors (Lipinski definition) is 4. The second-order valence-electron chi connectivity index (χ2n) is 5.28. The minimum Gasteiger partial charge on any atom is -0.493 e. The predicted octanol–water partition coefficient (Wildman–Crippen LogP) is 2.25. The Bertz CT molecular complexity index is 539. The lowest BCUT2D eigenvalue weighted by Crippen LogP contribution is -2.25. The zero-order valence-electron chi connectivity index (χ0n) is 11.7. The maximum Gasteiger partial charge on any atom is 0.154 e. The SMILES string of the molecule is CC1CCC(N)c2nc(CCOc3ccccc3)nn21. The van der Waals surface area contributed by atoms with Crippen LogP contribution in [-0.2, 0) is 6.42 Å². The van der Waals surface area contributed by atoms with E-state index < -0.39 is 0 Å². The van der Waals surface area contributed by atoms with E-state index in [1.54, 1.807) is 0 Å². The van der Waals surface area contributed by atoms with Crippen LogP contribution < -0.4 is 10.5 Å². The van der Waals surface area contributed by atoms with Gasteiger partial charge in [0.1, 0.15) is 11.6 Å². The molecule has 2 unspecified atom stereocenters. The van der Waals surface area contributed by atoms with Gasteiger partial charge < -0.3 is 10.5 Å². The third-order valence-corrected chi connectivity index (χ3v) is 3.68. The first-order chi connectivity index (χ1) is 9.74. The van der Waals surface area contributed by atoms with Crippen molar-refractivity contribution in [3.8, 4) is 5.75 Å². The summed E-state index contributed by atoms with van der Waals surface area (Å²) < 4.78 is 7.65. The average Bonchev–Trinajstić information content (AvgIpc) is 2.90. The van der Waals surface area contributed by atoms with Crippen molar-refractivity contribution in [2.75, 3.05) is 6.61 Å². The summed E-state index contributed by atoms with van der Waals surface area (Å²) in [5.41, 5.74) is 6.09. The van der Waals surface area contributed by atoms with Crippen molar-refractivity contribution >= 4 is 0 Å². The Morgan fingerprint density at radius 1 is 1.30 bits per heavy atom. The summed E-state index contributed by atoms with van der Waals surface area (Å²) in [5.74, 6) is 2.61. The molecular formula is C15H20N4O. The van der Waals surface area contributed by atoms with Gasteiger partial charge in [0.15, 0.2) is 5.82 Å². The van der Waals surface area contributed by atoms with Crippen LogP contribution in [0, 0.1) is 0 Å². The minimum atomic E-state index is 0.0162. The molecule has 0 radical (unpaired) electrons. The zero-order chi connectivity index (χ0) is 13.9. The van der Waals surface area contributed by atoms with Gasteiger partial charge in [0, 0.05) is 6.42 Å². The highest BCUT2D eigenvalue weighted by atomic mass is 16.5. The maximum atomic E-state index is 6.09. The van der Waals surface area contributed by atoms with Gasteiger partial charge in [0.25, 0.3) is 0 Å². The summed E-state index contributed by atoms with van der Waals surface area (Å²) >= 11 is 0. The molecule has 2 N–H and O–H groups in total. The summed E-state index contributed by atoms with van der Waals surface area (Å²) in [4.78, 5) is 4.56. The lowest BCUT2D eigenvalue weighted by Gasteiger charge is -2.23. The fourth-order valence-corrected chi connectivity index (χ4v) is 2.51. The quantitative estimate of drug-likeness (QED) is 0.927. The number of aromatic nitrogens is 3. The number of ether oxygens (including phenoxy) is 1. The van der Waals surface area contributed by atoms with Crippen molar-refractivity contribution in [2.45, 2.75) is 38.3 Å². The molecule has 1 aliphatic heterocycles. The van der Waals surface area contributed by atoms with Crippen LogP contribution in [0.2, 0.25) is 0 Å². The molecule has 1 aromatic carbocycles. The molecule has 0 amide bonds. The Morgan fingerprint density at radius 2 is 2.10 bits per heavy atom. The molecule has 0 spiro atoms. The molecule has 20 heavy (non-hydrogen) atoms.